The first-order valence-corrected chi connectivity index (χ1v) is 15.7. The monoisotopic (exact) mass is 543 g/mol. The van der Waals surface area contributed by atoms with Crippen LogP contribution in [0.15, 0.2) is 66.7 Å². The van der Waals surface area contributed by atoms with Crippen LogP contribution in [0.2, 0.25) is 5.04 Å². The van der Waals surface area contributed by atoms with Crippen molar-refractivity contribution in [2.24, 2.45) is 5.73 Å². The van der Waals surface area contributed by atoms with Gasteiger partial charge in [0.05, 0.1) is 33.1 Å². The van der Waals surface area contributed by atoms with Gasteiger partial charge in [0.2, 0.25) is 0 Å². The van der Waals surface area contributed by atoms with Crippen LogP contribution in [0.4, 0.5) is 0 Å². The first-order valence-electron chi connectivity index (χ1n) is 12.0. The molecule has 0 saturated carbocycles. The predicted octanol–water partition coefficient (Wildman–Crippen LogP) is 3.93. The van der Waals surface area contributed by atoms with Crippen LogP contribution in [-0.4, -0.2) is 43.8 Å². The Morgan fingerprint density at radius 1 is 0.892 bits per heavy atom. The molecule has 0 spiro atoms. The van der Waals surface area contributed by atoms with Gasteiger partial charge < -0.3 is 23.8 Å². The van der Waals surface area contributed by atoms with E-state index in [0.717, 1.165) is 16.6 Å². The fourth-order valence-corrected chi connectivity index (χ4v) is 9.82. The summed E-state index contributed by atoms with van der Waals surface area (Å²) < 4.78 is 47.7. The Hall–Kier alpha value is -2.85. The summed E-state index contributed by atoms with van der Waals surface area (Å²) in [6, 6.07) is 21.4. The zero-order valence-electron chi connectivity index (χ0n) is 22.6. The molecule has 0 heterocycles. The normalized spacial score (nSPS) is 13.2. The highest BCUT2D eigenvalue weighted by molar-refractivity contribution is 7.86. The van der Waals surface area contributed by atoms with Crippen LogP contribution in [0.25, 0.3) is 0 Å². The molecule has 3 aromatic carbocycles. The van der Waals surface area contributed by atoms with Gasteiger partial charge in [0, 0.05) is 11.1 Å². The zero-order valence-corrected chi connectivity index (χ0v) is 24.4. The number of rotatable bonds is 10. The van der Waals surface area contributed by atoms with Gasteiger partial charge >= 0.3 is 10.1 Å². The molecule has 0 aromatic heterocycles. The summed E-state index contributed by atoms with van der Waals surface area (Å²) >= 11 is 0. The molecule has 2 N–H and O–H groups in total. The lowest BCUT2D eigenvalue weighted by Crippen LogP contribution is -2.67. The van der Waals surface area contributed by atoms with E-state index in [2.05, 4.69) is 45.0 Å². The Morgan fingerprint density at radius 3 is 1.81 bits per heavy atom. The largest absolute Gasteiger partial charge is 0.496 e. The molecule has 0 aliphatic carbocycles. The minimum Gasteiger partial charge on any atom is -0.496 e. The van der Waals surface area contributed by atoms with Crippen molar-refractivity contribution in [3.8, 4) is 17.2 Å². The second-order valence-electron chi connectivity index (χ2n) is 10.0. The second kappa shape index (κ2) is 11.3. The summed E-state index contributed by atoms with van der Waals surface area (Å²) in [4.78, 5) is 0. The number of nitrogens with two attached hydrogens (primary N) is 1. The van der Waals surface area contributed by atoms with Crippen molar-refractivity contribution >= 4 is 28.8 Å². The number of benzene rings is 3. The average molecular weight is 544 g/mol. The average Bonchev–Trinajstić information content (AvgIpc) is 2.84. The first kappa shape index (κ1) is 28.7. The van der Waals surface area contributed by atoms with Gasteiger partial charge in [-0.25, -0.2) is 0 Å². The molecule has 3 rings (SSSR count). The van der Waals surface area contributed by atoms with Crippen molar-refractivity contribution in [3.63, 3.8) is 0 Å². The van der Waals surface area contributed by atoms with Crippen LogP contribution in [0.5, 0.6) is 17.2 Å². The van der Waals surface area contributed by atoms with E-state index in [1.165, 1.54) is 14.2 Å². The molecule has 0 saturated heterocycles. The van der Waals surface area contributed by atoms with Gasteiger partial charge in [0.15, 0.2) is 11.5 Å². The molecule has 37 heavy (non-hydrogen) atoms. The van der Waals surface area contributed by atoms with Crippen molar-refractivity contribution in [2.45, 2.75) is 38.8 Å². The summed E-state index contributed by atoms with van der Waals surface area (Å²) in [7, 11) is -3.74. The summed E-state index contributed by atoms with van der Waals surface area (Å²) in [5.74, 6) is 0.802. The van der Waals surface area contributed by atoms with E-state index >= 15 is 0 Å². The quantitative estimate of drug-likeness (QED) is 0.306. The topological polar surface area (TPSA) is 97.1 Å². The predicted molar refractivity (Wildman–Crippen MR) is 150 cm³/mol. The third kappa shape index (κ3) is 6.01. The minimum atomic E-state index is -3.86. The molecule has 3 aromatic rings. The molecule has 0 amide bonds. The summed E-state index contributed by atoms with van der Waals surface area (Å²) in [6.45, 7) is 8.42. The van der Waals surface area contributed by atoms with Crippen molar-refractivity contribution in [3.05, 3.63) is 77.9 Å². The van der Waals surface area contributed by atoms with E-state index in [4.69, 9.17) is 23.8 Å². The van der Waals surface area contributed by atoms with E-state index in [9.17, 15) is 8.42 Å². The standard InChI is InChI=1S/C28H37NO6SSi/c1-20-25(32-5)18-23(27(26(20)33-6)35-36(7,30)31)24(29)19-34-37(28(2,3)4,21-14-10-8-11-15-21)22-16-12-9-13-17-22/h8-18,24H,19,29H2,1-7H3/t24-/m0/s1. The molecule has 0 bridgehead atoms. The Balaban J connectivity index is 2.15. The van der Waals surface area contributed by atoms with Gasteiger partial charge in [0.1, 0.15) is 5.75 Å². The number of hydrogen-bond acceptors (Lipinski definition) is 7. The molecule has 0 fully saturated rings. The van der Waals surface area contributed by atoms with Crippen LogP contribution in [-0.2, 0) is 14.5 Å². The van der Waals surface area contributed by atoms with Crippen LogP contribution in [0.1, 0.15) is 37.9 Å². The second-order valence-corrected chi connectivity index (χ2v) is 15.9. The lowest BCUT2D eigenvalue weighted by Gasteiger charge is -2.43. The van der Waals surface area contributed by atoms with Crippen LogP contribution >= 0.6 is 0 Å². The maximum absolute atomic E-state index is 12.2. The molecule has 9 heteroatoms. The van der Waals surface area contributed by atoms with Crippen molar-refractivity contribution in [1.29, 1.82) is 0 Å². The molecular weight excluding hydrogens is 506 g/mol. The SMILES string of the molecule is COc1cc([C@@H](N)CO[Si](c2ccccc2)(c2ccccc2)C(C)(C)C)c(OS(C)(=O)=O)c(OC)c1C. The van der Waals surface area contributed by atoms with Crippen molar-refractivity contribution in [2.75, 3.05) is 27.1 Å². The summed E-state index contributed by atoms with van der Waals surface area (Å²) in [6.07, 6.45) is 0.986. The molecule has 0 aliphatic rings. The molecule has 0 radical (unpaired) electrons. The Morgan fingerprint density at radius 2 is 1.41 bits per heavy atom. The molecule has 7 nitrogen and oxygen atoms in total. The zero-order chi connectivity index (χ0) is 27.4. The highest BCUT2D eigenvalue weighted by atomic mass is 32.2. The number of hydrogen-bond donors (Lipinski definition) is 1. The van der Waals surface area contributed by atoms with E-state index in [0.29, 0.717) is 16.9 Å². The lowest BCUT2D eigenvalue weighted by molar-refractivity contribution is 0.270. The Labute approximate surface area is 221 Å². The minimum absolute atomic E-state index is 0.0434. The molecular formula is C28H37NO6SSi. The van der Waals surface area contributed by atoms with Crippen LogP contribution in [0.3, 0.4) is 0 Å². The molecule has 200 valence electrons. The molecule has 0 aliphatic heterocycles. The van der Waals surface area contributed by atoms with E-state index in [1.807, 2.05) is 36.4 Å². The van der Waals surface area contributed by atoms with Gasteiger partial charge in [-0.2, -0.15) is 8.42 Å². The lowest BCUT2D eigenvalue weighted by atomic mass is 10.0. The van der Waals surface area contributed by atoms with Crippen LogP contribution < -0.4 is 29.8 Å². The van der Waals surface area contributed by atoms with E-state index in [-0.39, 0.29) is 23.1 Å². The maximum Gasteiger partial charge on any atom is 0.306 e. The fraction of sp³-hybridized carbons (Fsp3) is 0.357. The van der Waals surface area contributed by atoms with Gasteiger partial charge in [-0.3, -0.25) is 0 Å². The highest BCUT2D eigenvalue weighted by Crippen LogP contribution is 2.44. The van der Waals surface area contributed by atoms with E-state index < -0.39 is 24.5 Å². The summed E-state index contributed by atoms with van der Waals surface area (Å²) in [5, 5.41) is 1.99. The molecule has 0 unspecified atom stereocenters. The van der Waals surface area contributed by atoms with Gasteiger partial charge in [-0.1, -0.05) is 81.4 Å². The first-order chi connectivity index (χ1) is 17.4. The fourth-order valence-electron chi connectivity index (χ4n) is 4.77. The van der Waals surface area contributed by atoms with Crippen molar-refractivity contribution < 1.29 is 26.5 Å². The van der Waals surface area contributed by atoms with Crippen molar-refractivity contribution in [1.82, 2.24) is 0 Å². The third-order valence-corrected chi connectivity index (χ3v) is 11.9. The van der Waals surface area contributed by atoms with Gasteiger partial charge in [-0.15, -0.1) is 0 Å². The third-order valence-electron chi connectivity index (χ3n) is 6.42. The smallest absolute Gasteiger partial charge is 0.306 e. The maximum atomic E-state index is 12.2. The number of ether oxygens (including phenoxy) is 2. The number of methoxy groups -OCH3 is 2. The highest BCUT2D eigenvalue weighted by Gasteiger charge is 2.50. The Kier molecular flexibility index (Phi) is 8.74. The van der Waals surface area contributed by atoms with Gasteiger partial charge in [0.25, 0.3) is 8.32 Å². The van der Waals surface area contributed by atoms with Gasteiger partial charge in [-0.05, 0) is 28.4 Å². The van der Waals surface area contributed by atoms with E-state index in [1.54, 1.807) is 13.0 Å². The molecule has 1 atom stereocenters. The summed E-state index contributed by atoms with van der Waals surface area (Å²) in [5.41, 5.74) is 7.75. The van der Waals surface area contributed by atoms with Crippen LogP contribution in [0, 0.1) is 6.92 Å². The Bertz CT molecular complexity index is 1270.